The first kappa shape index (κ1) is 9.04. The third-order valence-electron chi connectivity index (χ3n) is 1.89. The van der Waals surface area contributed by atoms with Crippen molar-refractivity contribution in [2.24, 2.45) is 0 Å². The highest BCUT2D eigenvalue weighted by molar-refractivity contribution is 5.97. The minimum atomic E-state index is -4.67. The average Bonchev–Trinajstić information content (AvgIpc) is 2.47. The fourth-order valence-electron chi connectivity index (χ4n) is 1.30. The molecule has 76 valence electrons. The number of hydrogen-bond acceptors (Lipinski definition) is 3. The van der Waals surface area contributed by atoms with Gasteiger partial charge in [0.05, 0.1) is 5.69 Å². The van der Waals surface area contributed by atoms with E-state index in [1.165, 1.54) is 0 Å². The Balaban J connectivity index is 2.54. The van der Waals surface area contributed by atoms with E-state index in [-0.39, 0.29) is 18.7 Å². The van der Waals surface area contributed by atoms with Crippen molar-refractivity contribution in [1.82, 2.24) is 10.5 Å². The number of amides is 1. The van der Waals surface area contributed by atoms with E-state index in [0.717, 1.165) is 0 Å². The molecular weight excluding hydrogens is 201 g/mol. The number of nitrogens with zero attached hydrogens (tertiary/aromatic N) is 1. The van der Waals surface area contributed by atoms with Gasteiger partial charge in [-0.25, -0.2) is 0 Å². The van der Waals surface area contributed by atoms with E-state index < -0.39 is 23.4 Å². The molecule has 0 radical (unpaired) electrons. The molecule has 1 N–H and O–H groups in total. The highest BCUT2D eigenvalue weighted by Gasteiger charge is 2.43. The smallest absolute Gasteiger partial charge is 0.351 e. The van der Waals surface area contributed by atoms with Crippen LogP contribution in [0.25, 0.3) is 0 Å². The molecule has 2 rings (SSSR count). The molecule has 2 heterocycles. The number of aromatic nitrogens is 1. The van der Waals surface area contributed by atoms with Gasteiger partial charge in [-0.1, -0.05) is 5.16 Å². The summed E-state index contributed by atoms with van der Waals surface area (Å²) in [6.07, 6.45) is -4.41. The fraction of sp³-hybridized carbons (Fsp3) is 0.429. The van der Waals surface area contributed by atoms with Crippen LogP contribution in [0.1, 0.15) is 21.8 Å². The summed E-state index contributed by atoms with van der Waals surface area (Å²) >= 11 is 0. The van der Waals surface area contributed by atoms with Gasteiger partial charge in [-0.05, 0) is 0 Å². The first-order valence-electron chi connectivity index (χ1n) is 3.84. The zero-order valence-electron chi connectivity index (χ0n) is 6.81. The minimum absolute atomic E-state index is 0.0704. The van der Waals surface area contributed by atoms with E-state index in [1.807, 2.05) is 0 Å². The number of alkyl halides is 3. The van der Waals surface area contributed by atoms with Gasteiger partial charge in [-0.3, -0.25) is 4.79 Å². The summed E-state index contributed by atoms with van der Waals surface area (Å²) < 4.78 is 40.9. The van der Waals surface area contributed by atoms with Gasteiger partial charge in [-0.15, -0.1) is 0 Å². The number of rotatable bonds is 0. The average molecular weight is 206 g/mol. The molecule has 1 amide bonds. The molecule has 14 heavy (non-hydrogen) atoms. The van der Waals surface area contributed by atoms with Gasteiger partial charge in [0.1, 0.15) is 5.56 Å². The van der Waals surface area contributed by atoms with E-state index in [9.17, 15) is 18.0 Å². The van der Waals surface area contributed by atoms with Crippen LogP contribution in [0.15, 0.2) is 4.52 Å². The van der Waals surface area contributed by atoms with E-state index in [4.69, 9.17) is 0 Å². The maximum absolute atomic E-state index is 12.3. The zero-order valence-corrected chi connectivity index (χ0v) is 6.81. The lowest BCUT2D eigenvalue weighted by Gasteiger charge is -2.11. The van der Waals surface area contributed by atoms with Crippen LogP contribution in [-0.2, 0) is 12.6 Å². The van der Waals surface area contributed by atoms with Crippen molar-refractivity contribution in [3.05, 3.63) is 17.0 Å². The van der Waals surface area contributed by atoms with Crippen LogP contribution in [0.4, 0.5) is 13.2 Å². The number of halogens is 3. The largest absolute Gasteiger partial charge is 0.453 e. The number of nitrogens with one attached hydrogen (secondary N) is 1. The van der Waals surface area contributed by atoms with Gasteiger partial charge in [0.2, 0.25) is 0 Å². The van der Waals surface area contributed by atoms with E-state index in [0.29, 0.717) is 0 Å². The maximum atomic E-state index is 12.3. The second-order valence-electron chi connectivity index (χ2n) is 2.84. The van der Waals surface area contributed by atoms with Crippen molar-refractivity contribution < 1.29 is 22.5 Å². The van der Waals surface area contributed by atoms with Crippen LogP contribution in [-0.4, -0.2) is 17.6 Å². The summed E-state index contributed by atoms with van der Waals surface area (Å²) in [7, 11) is 0. The summed E-state index contributed by atoms with van der Waals surface area (Å²) in [4.78, 5) is 11.1. The Morgan fingerprint density at radius 3 is 2.79 bits per heavy atom. The molecule has 0 aliphatic carbocycles. The van der Waals surface area contributed by atoms with Gasteiger partial charge in [-0.2, -0.15) is 13.2 Å². The zero-order chi connectivity index (χ0) is 10.3. The lowest BCUT2D eigenvalue weighted by molar-refractivity contribution is -0.155. The molecule has 0 spiro atoms. The molecular formula is C7H5F3N2O2. The molecule has 0 unspecified atom stereocenters. The van der Waals surface area contributed by atoms with Crippen molar-refractivity contribution in [3.8, 4) is 0 Å². The molecule has 0 fully saturated rings. The predicted octanol–water partition coefficient (Wildman–Crippen LogP) is 0.979. The number of fused-ring (bicyclic) bond motifs is 1. The maximum Gasteiger partial charge on any atom is 0.453 e. The summed E-state index contributed by atoms with van der Waals surface area (Å²) in [6, 6.07) is 0. The standard InChI is InChI=1S/C7H5F3N2O2/c8-7(9,10)5-4-3(12-14-5)1-2-11-6(4)13/h1-2H2,(H,11,13). The van der Waals surface area contributed by atoms with Crippen LogP contribution < -0.4 is 5.32 Å². The highest BCUT2D eigenvalue weighted by atomic mass is 19.4. The quantitative estimate of drug-likeness (QED) is 0.688. The number of hydrogen-bond donors (Lipinski definition) is 1. The second-order valence-corrected chi connectivity index (χ2v) is 2.84. The third kappa shape index (κ3) is 1.24. The highest BCUT2D eigenvalue weighted by Crippen LogP contribution is 2.34. The Hall–Kier alpha value is -1.53. The lowest BCUT2D eigenvalue weighted by Crippen LogP contribution is -2.32. The molecule has 7 heteroatoms. The normalized spacial score (nSPS) is 16.4. The summed E-state index contributed by atoms with van der Waals surface area (Å²) in [6.45, 7) is 0.287. The van der Waals surface area contributed by atoms with Crippen LogP contribution >= 0.6 is 0 Å². The van der Waals surface area contributed by atoms with Crippen molar-refractivity contribution in [2.75, 3.05) is 6.54 Å². The summed E-state index contributed by atoms with van der Waals surface area (Å²) in [5.41, 5.74) is -0.412. The van der Waals surface area contributed by atoms with Crippen LogP contribution in [0.3, 0.4) is 0 Å². The molecule has 0 aromatic carbocycles. The van der Waals surface area contributed by atoms with Gasteiger partial charge in [0.25, 0.3) is 11.7 Å². The molecule has 1 aromatic rings. The third-order valence-corrected chi connectivity index (χ3v) is 1.89. The molecule has 0 atom stereocenters. The molecule has 0 saturated carbocycles. The van der Waals surface area contributed by atoms with Crippen molar-refractivity contribution >= 4 is 5.91 Å². The van der Waals surface area contributed by atoms with Crippen LogP contribution in [0.5, 0.6) is 0 Å². The monoisotopic (exact) mass is 206 g/mol. The van der Waals surface area contributed by atoms with Gasteiger partial charge in [0, 0.05) is 13.0 Å². The molecule has 0 bridgehead atoms. The lowest BCUT2D eigenvalue weighted by atomic mass is 10.1. The number of carbonyl (C=O) groups excluding carboxylic acids is 1. The Kier molecular flexibility index (Phi) is 1.76. The van der Waals surface area contributed by atoms with Gasteiger partial charge < -0.3 is 9.84 Å². The molecule has 1 aliphatic rings. The van der Waals surface area contributed by atoms with Crippen molar-refractivity contribution in [2.45, 2.75) is 12.6 Å². The van der Waals surface area contributed by atoms with Crippen LogP contribution in [0.2, 0.25) is 0 Å². The Morgan fingerprint density at radius 1 is 1.43 bits per heavy atom. The minimum Gasteiger partial charge on any atom is -0.351 e. The van der Waals surface area contributed by atoms with Gasteiger partial charge >= 0.3 is 6.18 Å². The Bertz CT molecular complexity index is 383. The topological polar surface area (TPSA) is 55.1 Å². The summed E-state index contributed by atoms with van der Waals surface area (Å²) in [5, 5.41) is 5.52. The second kappa shape index (κ2) is 2.73. The Morgan fingerprint density at radius 2 is 2.14 bits per heavy atom. The first-order chi connectivity index (χ1) is 6.50. The van der Waals surface area contributed by atoms with Crippen molar-refractivity contribution in [3.63, 3.8) is 0 Å². The number of carbonyl (C=O) groups is 1. The fourth-order valence-corrected chi connectivity index (χ4v) is 1.30. The van der Waals surface area contributed by atoms with Gasteiger partial charge in [0.15, 0.2) is 0 Å². The molecule has 4 nitrogen and oxygen atoms in total. The Labute approximate surface area is 76.1 Å². The van der Waals surface area contributed by atoms with Crippen molar-refractivity contribution in [1.29, 1.82) is 0 Å². The van der Waals surface area contributed by atoms with E-state index in [2.05, 4.69) is 15.0 Å². The van der Waals surface area contributed by atoms with E-state index in [1.54, 1.807) is 0 Å². The summed E-state index contributed by atoms with van der Waals surface area (Å²) in [5.74, 6) is -2.09. The molecule has 0 saturated heterocycles. The SMILES string of the molecule is O=C1NCCc2noc(C(F)(F)F)c21. The first-order valence-corrected chi connectivity index (χ1v) is 3.84. The molecule has 1 aromatic heterocycles. The molecule has 1 aliphatic heterocycles. The predicted molar refractivity (Wildman–Crippen MR) is 37.5 cm³/mol. The van der Waals surface area contributed by atoms with Crippen LogP contribution in [0, 0.1) is 0 Å². The van der Waals surface area contributed by atoms with E-state index >= 15 is 0 Å².